The Kier molecular flexibility index (Phi) is 6.02. The van der Waals surface area contributed by atoms with Crippen LogP contribution in [-0.4, -0.2) is 0 Å². The Balaban J connectivity index is 0.999. The van der Waals surface area contributed by atoms with Crippen LogP contribution in [0.15, 0.2) is 188 Å². The molecule has 0 saturated heterocycles. The van der Waals surface area contributed by atoms with E-state index in [1.54, 1.807) is 0 Å². The molecular weight excluding hydrogens is 615 g/mol. The van der Waals surface area contributed by atoms with Crippen LogP contribution in [-0.2, 0) is 0 Å². The van der Waals surface area contributed by atoms with E-state index in [4.69, 9.17) is 0 Å². The number of benzene rings is 11. The lowest BCUT2D eigenvalue weighted by atomic mass is 9.90. The summed E-state index contributed by atoms with van der Waals surface area (Å²) in [7, 11) is 0. The summed E-state index contributed by atoms with van der Waals surface area (Å²) in [5.41, 5.74) is 8.33. The predicted molar refractivity (Wildman–Crippen MR) is 219 cm³/mol. The third-order valence-corrected chi connectivity index (χ3v) is 10.9. The van der Waals surface area contributed by atoms with Gasteiger partial charge < -0.3 is 4.90 Å². The lowest BCUT2D eigenvalue weighted by Gasteiger charge is -2.26. The molecule has 11 aromatic rings. The van der Waals surface area contributed by atoms with Gasteiger partial charge in [0.25, 0.3) is 0 Å². The Hall–Kier alpha value is -6.70. The molecule has 0 atom stereocenters. The molecule has 0 spiro atoms. The van der Waals surface area contributed by atoms with Crippen LogP contribution < -0.4 is 4.90 Å². The molecule has 11 rings (SSSR count). The minimum absolute atomic E-state index is 1.12. The fraction of sp³-hybridized carbons (Fsp3) is 0. The van der Waals surface area contributed by atoms with Gasteiger partial charge in [0.2, 0.25) is 0 Å². The Morgan fingerprint density at radius 2 is 0.588 bits per heavy atom. The smallest absolute Gasteiger partial charge is 0.0462 e. The highest BCUT2D eigenvalue weighted by Crippen LogP contribution is 2.43. The average molecular weight is 646 g/mol. The summed E-state index contributed by atoms with van der Waals surface area (Å²) in [6, 6.07) is 69.2. The van der Waals surface area contributed by atoms with Gasteiger partial charge in [-0.05, 0) is 123 Å². The molecule has 0 aliphatic heterocycles. The quantitative estimate of drug-likeness (QED) is 0.168. The van der Waals surface area contributed by atoms with Gasteiger partial charge in [-0.1, -0.05) is 152 Å². The monoisotopic (exact) mass is 645 g/mol. The van der Waals surface area contributed by atoms with Crippen molar-refractivity contribution in [2.75, 3.05) is 4.90 Å². The van der Waals surface area contributed by atoms with Crippen LogP contribution in [0.3, 0.4) is 0 Å². The first-order chi connectivity index (χ1) is 25.3. The lowest BCUT2D eigenvalue weighted by molar-refractivity contribution is 1.28. The molecule has 0 aliphatic carbocycles. The van der Waals surface area contributed by atoms with Gasteiger partial charge in [0, 0.05) is 17.1 Å². The average Bonchev–Trinajstić information content (AvgIpc) is 3.20. The topological polar surface area (TPSA) is 3.24 Å². The summed E-state index contributed by atoms with van der Waals surface area (Å²) in [4.78, 5) is 2.35. The van der Waals surface area contributed by atoms with Gasteiger partial charge in [-0.3, -0.25) is 0 Å². The molecule has 0 heterocycles. The van der Waals surface area contributed by atoms with Gasteiger partial charge >= 0.3 is 0 Å². The van der Waals surface area contributed by atoms with Crippen LogP contribution in [0.25, 0.3) is 86.9 Å². The number of para-hydroxylation sites is 1. The largest absolute Gasteiger partial charge is 0.311 e. The highest BCUT2D eigenvalue weighted by molar-refractivity contribution is 6.26. The second kappa shape index (κ2) is 10.9. The Morgan fingerprint density at radius 1 is 0.235 bits per heavy atom. The molecule has 0 aromatic heterocycles. The molecule has 0 aliphatic rings. The van der Waals surface area contributed by atoms with E-state index in [0.717, 1.165) is 17.1 Å². The third-order valence-electron chi connectivity index (χ3n) is 10.9. The van der Waals surface area contributed by atoms with Gasteiger partial charge in [0.1, 0.15) is 0 Å². The van der Waals surface area contributed by atoms with E-state index < -0.39 is 0 Å². The van der Waals surface area contributed by atoms with Crippen LogP contribution >= 0.6 is 0 Å². The highest BCUT2D eigenvalue weighted by Gasteiger charge is 2.17. The normalized spacial score (nSPS) is 11.9. The summed E-state index contributed by atoms with van der Waals surface area (Å²) >= 11 is 0. The molecule has 0 unspecified atom stereocenters. The van der Waals surface area contributed by atoms with Gasteiger partial charge in [-0.15, -0.1) is 0 Å². The minimum atomic E-state index is 1.12. The summed E-state index contributed by atoms with van der Waals surface area (Å²) in [6.45, 7) is 0. The van der Waals surface area contributed by atoms with Crippen molar-refractivity contribution in [1.29, 1.82) is 0 Å². The maximum atomic E-state index is 2.35. The van der Waals surface area contributed by atoms with E-state index >= 15 is 0 Å². The number of rotatable bonds is 5. The second-order valence-electron chi connectivity index (χ2n) is 13.7. The van der Waals surface area contributed by atoms with Crippen molar-refractivity contribution < 1.29 is 0 Å². The SMILES string of the molecule is c1ccc(N(c2ccc(-c3ccc4ccc5cccc6ccc3c4c56)cc2)c2ccc(-c3ccc4ccc5cccc6ccc3c4c56)cc2)cc1. The molecule has 0 N–H and O–H groups in total. The predicted octanol–water partition coefficient (Wildman–Crippen LogP) is 14.3. The summed E-state index contributed by atoms with van der Waals surface area (Å²) in [5, 5.41) is 15.8. The Labute approximate surface area is 295 Å². The molecule has 11 aromatic carbocycles. The van der Waals surface area contributed by atoms with E-state index in [0.29, 0.717) is 0 Å². The first-order valence-corrected chi connectivity index (χ1v) is 17.7. The minimum Gasteiger partial charge on any atom is -0.311 e. The van der Waals surface area contributed by atoms with E-state index in [1.165, 1.54) is 86.9 Å². The van der Waals surface area contributed by atoms with Gasteiger partial charge in [-0.2, -0.15) is 0 Å². The molecule has 1 nitrogen and oxygen atoms in total. The fourth-order valence-corrected chi connectivity index (χ4v) is 8.58. The van der Waals surface area contributed by atoms with Gasteiger partial charge in [0.05, 0.1) is 0 Å². The van der Waals surface area contributed by atoms with Crippen molar-refractivity contribution in [2.24, 2.45) is 0 Å². The molecule has 0 bridgehead atoms. The Bertz CT molecular complexity index is 2830. The fourth-order valence-electron chi connectivity index (χ4n) is 8.58. The molecule has 1 heteroatoms. The zero-order valence-electron chi connectivity index (χ0n) is 27.8. The van der Waals surface area contributed by atoms with Crippen LogP contribution in [0.2, 0.25) is 0 Å². The molecule has 0 radical (unpaired) electrons. The lowest BCUT2D eigenvalue weighted by Crippen LogP contribution is -2.09. The van der Waals surface area contributed by atoms with E-state index in [9.17, 15) is 0 Å². The van der Waals surface area contributed by atoms with Crippen molar-refractivity contribution in [3.8, 4) is 22.3 Å². The third kappa shape index (κ3) is 4.28. The summed E-state index contributed by atoms with van der Waals surface area (Å²) in [5.74, 6) is 0. The first kappa shape index (κ1) is 28.2. The van der Waals surface area contributed by atoms with E-state index in [-0.39, 0.29) is 0 Å². The van der Waals surface area contributed by atoms with E-state index in [1.807, 2.05) is 0 Å². The molecule has 0 fully saturated rings. The van der Waals surface area contributed by atoms with Crippen molar-refractivity contribution in [2.45, 2.75) is 0 Å². The standard InChI is InChI=1S/C50H31N/c1-2-10-40(11-3-1)51(41-24-16-32(17-25-41)43-28-20-38-14-12-34-6-4-8-36-22-30-45(43)49(38)47(34)36)42-26-18-33(19-27-42)44-29-21-39-15-13-35-7-5-9-37-23-31-46(44)50(39)48(35)37/h1-31H. The zero-order chi connectivity index (χ0) is 33.5. The number of hydrogen-bond donors (Lipinski definition) is 0. The highest BCUT2D eigenvalue weighted by atomic mass is 15.1. The molecule has 0 saturated carbocycles. The van der Waals surface area contributed by atoms with Crippen LogP contribution in [0.1, 0.15) is 0 Å². The van der Waals surface area contributed by atoms with Crippen molar-refractivity contribution in [3.05, 3.63) is 188 Å². The maximum Gasteiger partial charge on any atom is 0.0462 e. The van der Waals surface area contributed by atoms with Gasteiger partial charge in [-0.25, -0.2) is 0 Å². The van der Waals surface area contributed by atoms with Crippen molar-refractivity contribution >= 4 is 81.7 Å². The molecular formula is C50H31N. The van der Waals surface area contributed by atoms with Crippen molar-refractivity contribution in [1.82, 2.24) is 0 Å². The molecule has 51 heavy (non-hydrogen) atoms. The van der Waals surface area contributed by atoms with Crippen LogP contribution in [0.4, 0.5) is 17.1 Å². The van der Waals surface area contributed by atoms with Crippen LogP contribution in [0, 0.1) is 0 Å². The van der Waals surface area contributed by atoms with E-state index in [2.05, 4.69) is 193 Å². The molecule has 236 valence electrons. The Morgan fingerprint density at radius 3 is 1.02 bits per heavy atom. The van der Waals surface area contributed by atoms with Crippen LogP contribution in [0.5, 0.6) is 0 Å². The maximum absolute atomic E-state index is 2.35. The zero-order valence-corrected chi connectivity index (χ0v) is 27.8. The second-order valence-corrected chi connectivity index (χ2v) is 13.7. The summed E-state index contributed by atoms with van der Waals surface area (Å²) < 4.78 is 0. The molecule has 0 amide bonds. The van der Waals surface area contributed by atoms with Crippen molar-refractivity contribution in [3.63, 3.8) is 0 Å². The number of anilines is 3. The summed E-state index contributed by atoms with van der Waals surface area (Å²) in [6.07, 6.45) is 0. The first-order valence-electron chi connectivity index (χ1n) is 17.7. The number of nitrogens with zero attached hydrogens (tertiary/aromatic N) is 1. The number of hydrogen-bond acceptors (Lipinski definition) is 1. The van der Waals surface area contributed by atoms with Gasteiger partial charge in [0.15, 0.2) is 0 Å².